The summed E-state index contributed by atoms with van der Waals surface area (Å²) in [7, 11) is 1.51. The molecule has 3 aromatic rings. The number of hydrogen-bond acceptors (Lipinski definition) is 5. The molecule has 0 aliphatic heterocycles. The first-order valence-electron chi connectivity index (χ1n) is 9.87. The SMILES string of the molecule is COC[C@H](C)n1c(S[C@@H](C)C(=O)Nc2ccc(Cl)c(C(F)(F)F)c2)nc2ccccc2c1=O. The van der Waals surface area contributed by atoms with Gasteiger partial charge in [-0.15, -0.1) is 0 Å². The van der Waals surface area contributed by atoms with E-state index in [9.17, 15) is 22.8 Å². The third kappa shape index (κ3) is 5.69. The van der Waals surface area contributed by atoms with Crippen LogP contribution in [0.5, 0.6) is 0 Å². The van der Waals surface area contributed by atoms with Crippen LogP contribution in [0.15, 0.2) is 52.4 Å². The van der Waals surface area contributed by atoms with Crippen molar-refractivity contribution in [2.24, 2.45) is 0 Å². The number of rotatable bonds is 7. The van der Waals surface area contributed by atoms with E-state index >= 15 is 0 Å². The number of hydrogen-bond donors (Lipinski definition) is 1. The predicted molar refractivity (Wildman–Crippen MR) is 123 cm³/mol. The Balaban J connectivity index is 1.90. The van der Waals surface area contributed by atoms with Gasteiger partial charge in [-0.2, -0.15) is 13.2 Å². The van der Waals surface area contributed by atoms with Gasteiger partial charge in [-0.25, -0.2) is 4.98 Å². The molecule has 11 heteroatoms. The van der Waals surface area contributed by atoms with E-state index in [4.69, 9.17) is 16.3 Å². The maximum Gasteiger partial charge on any atom is 0.417 e. The molecule has 0 aliphatic carbocycles. The highest BCUT2D eigenvalue weighted by atomic mass is 35.5. The number of methoxy groups -OCH3 is 1. The summed E-state index contributed by atoms with van der Waals surface area (Å²) in [6, 6.07) is 9.64. The molecule has 1 heterocycles. The Bertz CT molecular complexity index is 1230. The van der Waals surface area contributed by atoms with E-state index in [-0.39, 0.29) is 23.9 Å². The number of nitrogens with zero attached hydrogens (tertiary/aromatic N) is 2. The second kappa shape index (κ2) is 10.1. The van der Waals surface area contributed by atoms with Gasteiger partial charge in [0.05, 0.1) is 39.4 Å². The van der Waals surface area contributed by atoms with Crippen LogP contribution in [0, 0.1) is 0 Å². The zero-order valence-corrected chi connectivity index (χ0v) is 19.5. The molecule has 1 N–H and O–H groups in total. The highest BCUT2D eigenvalue weighted by Gasteiger charge is 2.33. The second-order valence-electron chi connectivity index (χ2n) is 7.33. The highest BCUT2D eigenvalue weighted by Crippen LogP contribution is 2.36. The fourth-order valence-corrected chi connectivity index (χ4v) is 4.42. The number of aromatic nitrogens is 2. The van der Waals surface area contributed by atoms with Crippen LogP contribution in [0.1, 0.15) is 25.5 Å². The minimum absolute atomic E-state index is 0.0409. The van der Waals surface area contributed by atoms with Gasteiger partial charge < -0.3 is 10.1 Å². The number of fused-ring (bicyclic) bond motifs is 1. The van der Waals surface area contributed by atoms with E-state index in [2.05, 4.69) is 10.3 Å². The van der Waals surface area contributed by atoms with Gasteiger partial charge in [-0.3, -0.25) is 14.2 Å². The van der Waals surface area contributed by atoms with Crippen molar-refractivity contribution in [2.75, 3.05) is 19.0 Å². The Morgan fingerprint density at radius 1 is 1.24 bits per heavy atom. The molecule has 33 heavy (non-hydrogen) atoms. The maximum absolute atomic E-state index is 13.1. The average Bonchev–Trinajstić information content (AvgIpc) is 2.74. The van der Waals surface area contributed by atoms with Crippen LogP contribution in [0.25, 0.3) is 10.9 Å². The van der Waals surface area contributed by atoms with Gasteiger partial charge in [0.15, 0.2) is 5.16 Å². The lowest BCUT2D eigenvalue weighted by Gasteiger charge is -2.20. The molecule has 0 fully saturated rings. The number of ether oxygens (including phenoxy) is 1. The summed E-state index contributed by atoms with van der Waals surface area (Å²) in [5.41, 5.74) is -0.875. The maximum atomic E-state index is 13.1. The molecule has 0 aliphatic rings. The molecule has 0 saturated carbocycles. The first kappa shape index (κ1) is 25.1. The summed E-state index contributed by atoms with van der Waals surface area (Å²) >= 11 is 6.66. The topological polar surface area (TPSA) is 73.2 Å². The number of amides is 1. The van der Waals surface area contributed by atoms with E-state index < -0.39 is 27.9 Å². The number of halogens is 4. The van der Waals surface area contributed by atoms with Crippen molar-refractivity contribution in [1.82, 2.24) is 9.55 Å². The summed E-state index contributed by atoms with van der Waals surface area (Å²) in [5.74, 6) is -0.552. The first-order valence-corrected chi connectivity index (χ1v) is 11.1. The predicted octanol–water partition coefficient (Wildman–Crippen LogP) is 5.40. The van der Waals surface area contributed by atoms with Crippen molar-refractivity contribution in [2.45, 2.75) is 36.5 Å². The van der Waals surface area contributed by atoms with Crippen molar-refractivity contribution < 1.29 is 22.7 Å². The number of nitrogens with one attached hydrogen (secondary N) is 1. The summed E-state index contributed by atoms with van der Waals surface area (Å²) in [6.07, 6.45) is -4.65. The number of carbonyl (C=O) groups excluding carboxylic acids is 1. The fourth-order valence-electron chi connectivity index (χ4n) is 3.19. The van der Waals surface area contributed by atoms with Gasteiger partial charge in [0, 0.05) is 12.8 Å². The molecule has 2 atom stereocenters. The molecule has 6 nitrogen and oxygen atoms in total. The standard InChI is InChI=1S/C22H21ClF3N3O3S/c1-12(11-32-3)29-20(31)15-6-4-5-7-18(15)28-21(29)33-13(2)19(30)27-14-8-9-17(23)16(10-14)22(24,25)26/h4-10,12-13H,11H2,1-3H3,(H,27,30)/t12-,13-/m0/s1. The van der Waals surface area contributed by atoms with Crippen LogP contribution in [-0.4, -0.2) is 34.4 Å². The Hall–Kier alpha value is -2.56. The smallest absolute Gasteiger partial charge is 0.383 e. The van der Waals surface area contributed by atoms with Crippen molar-refractivity contribution in [3.63, 3.8) is 0 Å². The van der Waals surface area contributed by atoms with Crippen LogP contribution >= 0.6 is 23.4 Å². The molecule has 1 aromatic heterocycles. The lowest BCUT2D eigenvalue weighted by Crippen LogP contribution is -2.30. The van der Waals surface area contributed by atoms with E-state index in [1.54, 1.807) is 38.1 Å². The summed E-state index contributed by atoms with van der Waals surface area (Å²) < 4.78 is 46.0. The molecule has 0 bridgehead atoms. The zero-order chi connectivity index (χ0) is 24.3. The molecule has 0 spiro atoms. The Labute approximate surface area is 197 Å². The lowest BCUT2D eigenvalue weighted by molar-refractivity contribution is -0.137. The molecule has 3 rings (SSSR count). The van der Waals surface area contributed by atoms with Crippen LogP contribution in [-0.2, 0) is 15.7 Å². The molecule has 0 saturated heterocycles. The molecular weight excluding hydrogens is 479 g/mol. The quantitative estimate of drug-likeness (QED) is 0.348. The third-order valence-corrected chi connectivity index (χ3v) is 6.21. The lowest BCUT2D eigenvalue weighted by atomic mass is 10.2. The van der Waals surface area contributed by atoms with Gasteiger partial charge in [-0.05, 0) is 44.2 Å². The summed E-state index contributed by atoms with van der Waals surface area (Å²) in [4.78, 5) is 30.4. The van der Waals surface area contributed by atoms with E-state index in [1.807, 2.05) is 0 Å². The normalized spacial score (nSPS) is 13.7. The van der Waals surface area contributed by atoms with Gasteiger partial charge in [0.1, 0.15) is 0 Å². The molecule has 2 aromatic carbocycles. The largest absolute Gasteiger partial charge is 0.417 e. The minimum atomic E-state index is -4.65. The number of alkyl halides is 3. The molecule has 176 valence electrons. The highest BCUT2D eigenvalue weighted by molar-refractivity contribution is 8.00. The van der Waals surface area contributed by atoms with E-state index in [0.29, 0.717) is 16.1 Å². The Morgan fingerprint density at radius 3 is 2.61 bits per heavy atom. The van der Waals surface area contributed by atoms with Crippen molar-refractivity contribution in [3.05, 3.63) is 63.4 Å². The number of carbonyl (C=O) groups is 1. The number of thioether (sulfide) groups is 1. The zero-order valence-electron chi connectivity index (χ0n) is 17.9. The average molecular weight is 500 g/mol. The fraction of sp³-hybridized carbons (Fsp3) is 0.318. The number of anilines is 1. The van der Waals surface area contributed by atoms with Crippen LogP contribution in [0.2, 0.25) is 5.02 Å². The van der Waals surface area contributed by atoms with Crippen LogP contribution in [0.4, 0.5) is 18.9 Å². The van der Waals surface area contributed by atoms with Gasteiger partial charge in [-0.1, -0.05) is 35.5 Å². The monoisotopic (exact) mass is 499 g/mol. The van der Waals surface area contributed by atoms with E-state index in [0.717, 1.165) is 23.9 Å². The van der Waals surface area contributed by atoms with Crippen molar-refractivity contribution >= 4 is 45.9 Å². The van der Waals surface area contributed by atoms with Crippen molar-refractivity contribution in [3.8, 4) is 0 Å². The van der Waals surface area contributed by atoms with Gasteiger partial charge in [0.2, 0.25) is 5.91 Å². The summed E-state index contributed by atoms with van der Waals surface area (Å²) in [5, 5.41) is 1.97. The van der Waals surface area contributed by atoms with Gasteiger partial charge in [0.25, 0.3) is 5.56 Å². The summed E-state index contributed by atoms with van der Waals surface area (Å²) in [6.45, 7) is 3.62. The molecular formula is C22H21ClF3N3O3S. The Morgan fingerprint density at radius 2 is 1.94 bits per heavy atom. The van der Waals surface area contributed by atoms with Crippen LogP contribution < -0.4 is 10.9 Å². The minimum Gasteiger partial charge on any atom is -0.383 e. The third-order valence-electron chi connectivity index (χ3n) is 4.81. The first-order chi connectivity index (χ1) is 15.5. The number of benzene rings is 2. The molecule has 1 amide bonds. The van der Waals surface area contributed by atoms with E-state index in [1.165, 1.54) is 17.7 Å². The molecule has 0 radical (unpaired) electrons. The van der Waals surface area contributed by atoms with Crippen LogP contribution in [0.3, 0.4) is 0 Å². The van der Waals surface area contributed by atoms with Crippen molar-refractivity contribution in [1.29, 1.82) is 0 Å². The number of para-hydroxylation sites is 1. The molecule has 0 unspecified atom stereocenters. The second-order valence-corrected chi connectivity index (χ2v) is 9.05. The van der Waals surface area contributed by atoms with Gasteiger partial charge >= 0.3 is 6.18 Å². The Kier molecular flexibility index (Phi) is 7.71.